The minimum absolute atomic E-state index is 0.402. The van der Waals surface area contributed by atoms with Crippen LogP contribution in [0.5, 0.6) is 0 Å². The van der Waals surface area contributed by atoms with E-state index in [0.29, 0.717) is 5.92 Å². The van der Waals surface area contributed by atoms with E-state index in [9.17, 15) is 0 Å². The van der Waals surface area contributed by atoms with Crippen LogP contribution in [0, 0.1) is 0 Å². The van der Waals surface area contributed by atoms with E-state index in [1.165, 1.54) is 24.1 Å². The molecule has 1 atom stereocenters. The van der Waals surface area contributed by atoms with Crippen molar-refractivity contribution in [1.29, 1.82) is 0 Å². The number of nitrogens with one attached hydrogen (secondary N) is 1. The summed E-state index contributed by atoms with van der Waals surface area (Å²) in [5.74, 6) is 1.49. The summed E-state index contributed by atoms with van der Waals surface area (Å²) in [4.78, 5) is 10.0. The zero-order valence-electron chi connectivity index (χ0n) is 10.5. The highest BCUT2D eigenvalue weighted by Crippen LogP contribution is 2.34. The first kappa shape index (κ1) is 11.5. The topological polar surface area (TPSA) is 31.9 Å². The van der Waals surface area contributed by atoms with Crippen LogP contribution in [0.15, 0.2) is 34.9 Å². The molecule has 0 radical (unpaired) electrons. The standard InChI is InChI=1S/C14H17N3S/c1-17-7-2-3-12(14-15-5-6-16-14)13(17)9-11-4-8-18-10-11/h4-6,8-10,12H,2-3,7H2,1H3,(H,15,16). The number of nitrogens with zero attached hydrogens (tertiary/aromatic N) is 2. The van der Waals surface area contributed by atoms with Crippen LogP contribution in [0.3, 0.4) is 0 Å². The first-order valence-electron chi connectivity index (χ1n) is 6.29. The summed E-state index contributed by atoms with van der Waals surface area (Å²) >= 11 is 1.74. The monoisotopic (exact) mass is 259 g/mol. The number of allylic oxidation sites excluding steroid dienone is 1. The molecule has 3 rings (SSSR count). The molecule has 2 aromatic rings. The van der Waals surface area contributed by atoms with Crippen LogP contribution in [0.25, 0.3) is 6.08 Å². The Hall–Kier alpha value is -1.55. The van der Waals surface area contributed by atoms with E-state index in [2.05, 4.69) is 44.8 Å². The van der Waals surface area contributed by atoms with Gasteiger partial charge in [-0.1, -0.05) is 0 Å². The predicted molar refractivity (Wildman–Crippen MR) is 75.5 cm³/mol. The van der Waals surface area contributed by atoms with Gasteiger partial charge in [-0.3, -0.25) is 0 Å². The van der Waals surface area contributed by atoms with Crippen LogP contribution in [-0.2, 0) is 0 Å². The highest BCUT2D eigenvalue weighted by Gasteiger charge is 2.25. The molecule has 1 aliphatic heterocycles. The Balaban J connectivity index is 1.96. The summed E-state index contributed by atoms with van der Waals surface area (Å²) in [6.07, 6.45) is 8.44. The quantitative estimate of drug-likeness (QED) is 0.897. The number of H-pyrrole nitrogens is 1. The fourth-order valence-corrected chi connectivity index (χ4v) is 3.18. The van der Waals surface area contributed by atoms with E-state index in [-0.39, 0.29) is 0 Å². The Labute approximate surface area is 111 Å². The van der Waals surface area contributed by atoms with Gasteiger partial charge in [0.1, 0.15) is 5.82 Å². The van der Waals surface area contributed by atoms with Gasteiger partial charge >= 0.3 is 0 Å². The molecule has 18 heavy (non-hydrogen) atoms. The van der Waals surface area contributed by atoms with Crippen LogP contribution in [0.2, 0.25) is 0 Å². The second kappa shape index (κ2) is 4.98. The van der Waals surface area contributed by atoms with Gasteiger partial charge in [-0.05, 0) is 41.3 Å². The maximum atomic E-state index is 4.43. The minimum Gasteiger partial charge on any atom is -0.377 e. The van der Waals surface area contributed by atoms with E-state index in [4.69, 9.17) is 0 Å². The lowest BCUT2D eigenvalue weighted by molar-refractivity contribution is 0.319. The number of imidazole rings is 1. The largest absolute Gasteiger partial charge is 0.377 e. The highest BCUT2D eigenvalue weighted by atomic mass is 32.1. The lowest BCUT2D eigenvalue weighted by Crippen LogP contribution is -2.29. The Morgan fingerprint density at radius 1 is 1.56 bits per heavy atom. The molecule has 1 unspecified atom stereocenters. The van der Waals surface area contributed by atoms with E-state index < -0.39 is 0 Å². The van der Waals surface area contributed by atoms with E-state index in [1.54, 1.807) is 11.3 Å². The summed E-state index contributed by atoms with van der Waals surface area (Å²) in [5, 5.41) is 4.31. The number of hydrogen-bond donors (Lipinski definition) is 1. The molecule has 0 amide bonds. The Morgan fingerprint density at radius 3 is 3.22 bits per heavy atom. The van der Waals surface area contributed by atoms with Crippen LogP contribution in [-0.4, -0.2) is 28.5 Å². The molecule has 1 aliphatic rings. The lowest BCUT2D eigenvalue weighted by atomic mass is 9.92. The second-order valence-electron chi connectivity index (χ2n) is 4.72. The van der Waals surface area contributed by atoms with E-state index in [1.807, 2.05) is 12.4 Å². The van der Waals surface area contributed by atoms with Crippen LogP contribution < -0.4 is 0 Å². The Bertz CT molecular complexity index is 513. The Morgan fingerprint density at radius 2 is 2.50 bits per heavy atom. The molecular weight excluding hydrogens is 242 g/mol. The van der Waals surface area contributed by atoms with Crippen LogP contribution >= 0.6 is 11.3 Å². The molecule has 0 saturated carbocycles. The molecule has 1 fully saturated rings. The van der Waals surface area contributed by atoms with Crippen molar-refractivity contribution in [3.63, 3.8) is 0 Å². The molecule has 0 bridgehead atoms. The van der Waals surface area contributed by atoms with Crippen LogP contribution in [0.4, 0.5) is 0 Å². The van der Waals surface area contributed by atoms with Crippen molar-refractivity contribution in [2.75, 3.05) is 13.6 Å². The number of likely N-dealkylation sites (tertiary alicyclic amines) is 1. The third kappa shape index (κ3) is 2.20. The molecule has 1 saturated heterocycles. The van der Waals surface area contributed by atoms with Crippen molar-refractivity contribution in [3.05, 3.63) is 46.3 Å². The SMILES string of the molecule is CN1CCCC(c2ncc[nH]2)C1=Cc1ccsc1. The van der Waals surface area contributed by atoms with E-state index >= 15 is 0 Å². The molecule has 0 aromatic carbocycles. The summed E-state index contributed by atoms with van der Waals surface area (Å²) < 4.78 is 0. The average molecular weight is 259 g/mol. The minimum atomic E-state index is 0.402. The van der Waals surface area contributed by atoms with Gasteiger partial charge in [0.15, 0.2) is 0 Å². The number of hydrogen-bond acceptors (Lipinski definition) is 3. The van der Waals surface area contributed by atoms with Crippen molar-refractivity contribution >= 4 is 17.4 Å². The summed E-state index contributed by atoms with van der Waals surface area (Å²) in [6.45, 7) is 1.13. The van der Waals surface area contributed by atoms with Crippen molar-refractivity contribution in [3.8, 4) is 0 Å². The highest BCUT2D eigenvalue weighted by molar-refractivity contribution is 7.08. The maximum absolute atomic E-state index is 4.43. The first-order chi connectivity index (χ1) is 8.84. The fraction of sp³-hybridized carbons (Fsp3) is 0.357. The molecule has 4 heteroatoms. The molecule has 1 N–H and O–H groups in total. The van der Waals surface area contributed by atoms with Gasteiger partial charge in [-0.2, -0.15) is 11.3 Å². The lowest BCUT2D eigenvalue weighted by Gasteiger charge is -2.33. The third-order valence-electron chi connectivity index (χ3n) is 3.49. The van der Waals surface area contributed by atoms with Gasteiger partial charge in [-0.25, -0.2) is 4.98 Å². The number of rotatable bonds is 2. The second-order valence-corrected chi connectivity index (χ2v) is 5.50. The fourth-order valence-electron chi connectivity index (χ4n) is 2.56. The summed E-state index contributed by atoms with van der Waals surface area (Å²) in [6, 6.07) is 2.17. The number of likely N-dealkylation sites (N-methyl/N-ethyl adjacent to an activating group) is 1. The average Bonchev–Trinajstić information content (AvgIpc) is 3.04. The Kier molecular flexibility index (Phi) is 3.19. The van der Waals surface area contributed by atoms with Crippen molar-refractivity contribution < 1.29 is 0 Å². The summed E-state index contributed by atoms with van der Waals surface area (Å²) in [5.41, 5.74) is 2.66. The molecule has 2 aromatic heterocycles. The molecular formula is C14H17N3S. The molecule has 0 spiro atoms. The van der Waals surface area contributed by atoms with E-state index in [0.717, 1.165) is 12.4 Å². The molecule has 3 nitrogen and oxygen atoms in total. The van der Waals surface area contributed by atoms with Gasteiger partial charge in [0.05, 0.1) is 5.92 Å². The molecule has 94 valence electrons. The smallest absolute Gasteiger partial charge is 0.115 e. The van der Waals surface area contributed by atoms with Gasteiger partial charge in [-0.15, -0.1) is 0 Å². The van der Waals surface area contributed by atoms with Gasteiger partial charge in [0.25, 0.3) is 0 Å². The molecule has 3 heterocycles. The van der Waals surface area contributed by atoms with Crippen LogP contribution in [0.1, 0.15) is 30.1 Å². The predicted octanol–water partition coefficient (Wildman–Crippen LogP) is 3.32. The number of piperidine rings is 1. The summed E-state index contributed by atoms with van der Waals surface area (Å²) in [7, 11) is 2.17. The molecule has 0 aliphatic carbocycles. The van der Waals surface area contributed by atoms with Gasteiger partial charge in [0.2, 0.25) is 0 Å². The third-order valence-corrected chi connectivity index (χ3v) is 4.19. The van der Waals surface area contributed by atoms with Gasteiger partial charge in [0, 0.05) is 31.7 Å². The number of aromatic amines is 1. The van der Waals surface area contributed by atoms with Crippen molar-refractivity contribution in [2.24, 2.45) is 0 Å². The zero-order valence-corrected chi connectivity index (χ0v) is 11.3. The van der Waals surface area contributed by atoms with Crippen molar-refractivity contribution in [2.45, 2.75) is 18.8 Å². The zero-order chi connectivity index (χ0) is 12.4. The maximum Gasteiger partial charge on any atom is 0.115 e. The normalized spacial score (nSPS) is 22.6. The van der Waals surface area contributed by atoms with Gasteiger partial charge < -0.3 is 9.88 Å². The number of thiophene rings is 1. The van der Waals surface area contributed by atoms with Crippen molar-refractivity contribution in [1.82, 2.24) is 14.9 Å². The first-order valence-corrected chi connectivity index (χ1v) is 7.23. The number of aromatic nitrogens is 2.